The van der Waals surface area contributed by atoms with Crippen LogP contribution in [0, 0.1) is 0 Å². The Kier molecular flexibility index (Phi) is 7.24. The zero-order valence-corrected chi connectivity index (χ0v) is 16.7. The average molecular weight is 391 g/mol. The molecule has 1 unspecified atom stereocenters. The summed E-state index contributed by atoms with van der Waals surface area (Å²) in [5, 5.41) is 2.83. The number of anilines is 1. The van der Waals surface area contributed by atoms with Gasteiger partial charge in [0.05, 0.1) is 19.1 Å². The molecule has 1 atom stereocenters. The monoisotopic (exact) mass is 390 g/mol. The zero-order valence-electron chi connectivity index (χ0n) is 15.9. The van der Waals surface area contributed by atoms with Crippen LogP contribution in [0.3, 0.4) is 0 Å². The molecule has 1 amide bonds. The fraction of sp³-hybridized carbons (Fsp3) is 0.350. The molecule has 0 saturated carbocycles. The molecule has 2 aromatic rings. The van der Waals surface area contributed by atoms with Gasteiger partial charge in [-0.05, 0) is 49.6 Å². The molecule has 0 aliphatic heterocycles. The number of ether oxygens (including phenoxy) is 1. The van der Waals surface area contributed by atoms with Crippen molar-refractivity contribution in [2.75, 3.05) is 24.2 Å². The Morgan fingerprint density at radius 2 is 1.85 bits per heavy atom. The highest BCUT2D eigenvalue weighted by Gasteiger charge is 2.28. The third-order valence-corrected chi connectivity index (χ3v) is 5.42. The molecule has 27 heavy (non-hydrogen) atoms. The van der Waals surface area contributed by atoms with Crippen LogP contribution in [0.15, 0.2) is 54.6 Å². The molecule has 0 saturated heterocycles. The molecule has 6 nitrogen and oxygen atoms in total. The first-order chi connectivity index (χ1) is 12.8. The quantitative estimate of drug-likeness (QED) is 0.668. The van der Waals surface area contributed by atoms with Crippen LogP contribution in [0.4, 0.5) is 5.69 Å². The number of hydrogen-bond acceptors (Lipinski definition) is 4. The molecule has 0 aromatic heterocycles. The number of carbonyl (C=O) groups is 1. The third kappa shape index (κ3) is 5.99. The first-order valence-corrected chi connectivity index (χ1v) is 10.6. The van der Waals surface area contributed by atoms with E-state index in [2.05, 4.69) is 5.32 Å². The van der Waals surface area contributed by atoms with Crippen molar-refractivity contribution in [2.24, 2.45) is 0 Å². The zero-order chi connectivity index (χ0) is 19.9. The Bertz CT molecular complexity index is 853. The summed E-state index contributed by atoms with van der Waals surface area (Å²) in [7, 11) is -1.96. The molecule has 0 bridgehead atoms. The molecule has 0 heterocycles. The lowest BCUT2D eigenvalue weighted by Gasteiger charge is -2.28. The highest BCUT2D eigenvalue weighted by Crippen LogP contribution is 2.20. The van der Waals surface area contributed by atoms with Gasteiger partial charge in [0.25, 0.3) is 0 Å². The number of methoxy groups -OCH3 is 1. The fourth-order valence-electron chi connectivity index (χ4n) is 2.86. The molecule has 1 N–H and O–H groups in total. The Morgan fingerprint density at radius 3 is 2.48 bits per heavy atom. The van der Waals surface area contributed by atoms with Gasteiger partial charge in [-0.2, -0.15) is 0 Å². The van der Waals surface area contributed by atoms with E-state index in [1.54, 1.807) is 44.4 Å². The summed E-state index contributed by atoms with van der Waals surface area (Å²) >= 11 is 0. The maximum atomic E-state index is 12.5. The molecular weight excluding hydrogens is 364 g/mol. The van der Waals surface area contributed by atoms with Gasteiger partial charge >= 0.3 is 0 Å². The molecular formula is C20H26N2O4S. The Hall–Kier alpha value is -2.54. The maximum Gasteiger partial charge on any atom is 0.243 e. The van der Waals surface area contributed by atoms with Gasteiger partial charge in [0, 0.05) is 6.54 Å². The second kappa shape index (κ2) is 9.41. The van der Waals surface area contributed by atoms with Crippen LogP contribution in [-0.2, 0) is 21.2 Å². The molecule has 7 heteroatoms. The van der Waals surface area contributed by atoms with Crippen molar-refractivity contribution in [3.8, 4) is 5.75 Å². The van der Waals surface area contributed by atoms with E-state index in [0.29, 0.717) is 12.2 Å². The lowest BCUT2D eigenvalue weighted by atomic mass is 10.1. The van der Waals surface area contributed by atoms with Gasteiger partial charge in [-0.1, -0.05) is 30.3 Å². The molecule has 2 aromatic carbocycles. The van der Waals surface area contributed by atoms with Crippen LogP contribution in [-0.4, -0.2) is 40.3 Å². The van der Waals surface area contributed by atoms with Crippen LogP contribution in [0.2, 0.25) is 0 Å². The van der Waals surface area contributed by atoms with Crippen molar-refractivity contribution in [3.05, 3.63) is 60.2 Å². The summed E-state index contributed by atoms with van der Waals surface area (Å²) in [5.74, 6) is 0.478. The smallest absolute Gasteiger partial charge is 0.243 e. The highest BCUT2D eigenvalue weighted by molar-refractivity contribution is 7.92. The average Bonchev–Trinajstić information content (AvgIpc) is 2.65. The Balaban J connectivity index is 1.93. The van der Waals surface area contributed by atoms with Crippen molar-refractivity contribution in [1.29, 1.82) is 0 Å². The number of hydrogen-bond donors (Lipinski definition) is 1. The predicted molar refractivity (Wildman–Crippen MR) is 108 cm³/mol. The van der Waals surface area contributed by atoms with Crippen LogP contribution in [0.25, 0.3) is 0 Å². The number of aryl methyl sites for hydroxylation is 1. The van der Waals surface area contributed by atoms with E-state index < -0.39 is 16.1 Å². The van der Waals surface area contributed by atoms with Crippen molar-refractivity contribution < 1.29 is 17.9 Å². The van der Waals surface area contributed by atoms with Crippen molar-refractivity contribution in [1.82, 2.24) is 5.32 Å². The number of nitrogens with one attached hydrogen (secondary N) is 1. The molecule has 0 aliphatic rings. The van der Waals surface area contributed by atoms with Gasteiger partial charge < -0.3 is 10.1 Å². The summed E-state index contributed by atoms with van der Waals surface area (Å²) < 4.78 is 30.7. The Morgan fingerprint density at radius 1 is 1.15 bits per heavy atom. The van der Waals surface area contributed by atoms with Gasteiger partial charge in [0.2, 0.25) is 15.9 Å². The van der Waals surface area contributed by atoms with Crippen LogP contribution in [0.1, 0.15) is 18.9 Å². The van der Waals surface area contributed by atoms with E-state index in [1.807, 2.05) is 24.3 Å². The molecule has 0 spiro atoms. The van der Waals surface area contributed by atoms with Crippen LogP contribution >= 0.6 is 0 Å². The second-order valence-electron chi connectivity index (χ2n) is 6.32. The summed E-state index contributed by atoms with van der Waals surface area (Å²) in [5.41, 5.74) is 1.60. The van der Waals surface area contributed by atoms with Crippen LogP contribution < -0.4 is 14.4 Å². The van der Waals surface area contributed by atoms with Gasteiger partial charge in [-0.25, -0.2) is 8.42 Å². The Labute approximate surface area is 161 Å². The number of carbonyl (C=O) groups excluding carboxylic acids is 1. The van der Waals surface area contributed by atoms with E-state index >= 15 is 0 Å². The molecule has 0 fully saturated rings. The molecule has 146 valence electrons. The SMILES string of the molecule is COc1cccc(CCCNC(=O)C(C)N(c2ccccc2)S(C)(=O)=O)c1. The van der Waals surface area contributed by atoms with Crippen molar-refractivity contribution >= 4 is 21.6 Å². The minimum absolute atomic E-state index is 0.324. The van der Waals surface area contributed by atoms with E-state index in [-0.39, 0.29) is 5.91 Å². The number of nitrogens with zero attached hydrogens (tertiary/aromatic N) is 1. The van der Waals surface area contributed by atoms with Gasteiger partial charge in [-0.15, -0.1) is 0 Å². The molecule has 0 aliphatic carbocycles. The van der Waals surface area contributed by atoms with Gasteiger partial charge in [0.15, 0.2) is 0 Å². The first kappa shape index (κ1) is 20.8. The fourth-order valence-corrected chi connectivity index (χ4v) is 4.04. The number of amides is 1. The van der Waals surface area contributed by atoms with Crippen molar-refractivity contribution in [3.63, 3.8) is 0 Å². The third-order valence-electron chi connectivity index (χ3n) is 4.17. The van der Waals surface area contributed by atoms with E-state index in [1.165, 1.54) is 0 Å². The largest absolute Gasteiger partial charge is 0.497 e. The van der Waals surface area contributed by atoms with E-state index in [9.17, 15) is 13.2 Å². The van der Waals surface area contributed by atoms with Crippen LogP contribution in [0.5, 0.6) is 5.75 Å². The lowest BCUT2D eigenvalue weighted by molar-refractivity contribution is -0.121. The molecule has 2 rings (SSSR count). The van der Waals surface area contributed by atoms with Crippen molar-refractivity contribution in [2.45, 2.75) is 25.8 Å². The number of rotatable bonds is 9. The minimum atomic E-state index is -3.58. The summed E-state index contributed by atoms with van der Waals surface area (Å²) in [6, 6.07) is 15.6. The summed E-state index contributed by atoms with van der Waals surface area (Å²) in [6.45, 7) is 2.05. The topological polar surface area (TPSA) is 75.7 Å². The maximum absolute atomic E-state index is 12.5. The molecule has 0 radical (unpaired) electrons. The van der Waals surface area contributed by atoms with E-state index in [4.69, 9.17) is 4.74 Å². The number of para-hydroxylation sites is 1. The predicted octanol–water partition coefficient (Wildman–Crippen LogP) is 2.60. The standard InChI is InChI=1S/C20H26N2O4S/c1-16(22(27(3,24)25)18-11-5-4-6-12-18)20(23)21-14-8-10-17-9-7-13-19(15-17)26-2/h4-7,9,11-13,15-16H,8,10,14H2,1-3H3,(H,21,23). The van der Waals surface area contributed by atoms with E-state index in [0.717, 1.165) is 34.7 Å². The van der Waals surface area contributed by atoms with Gasteiger partial charge in [-0.3, -0.25) is 9.10 Å². The minimum Gasteiger partial charge on any atom is -0.497 e. The lowest BCUT2D eigenvalue weighted by Crippen LogP contribution is -2.48. The van der Waals surface area contributed by atoms with Gasteiger partial charge in [0.1, 0.15) is 11.8 Å². The normalized spacial score (nSPS) is 12.3. The summed E-state index contributed by atoms with van der Waals surface area (Å²) in [4.78, 5) is 12.5. The highest BCUT2D eigenvalue weighted by atomic mass is 32.2. The number of sulfonamides is 1. The second-order valence-corrected chi connectivity index (χ2v) is 8.18. The first-order valence-electron chi connectivity index (χ1n) is 8.78. The number of benzene rings is 2. The summed E-state index contributed by atoms with van der Waals surface area (Å²) in [6.07, 6.45) is 2.64.